The van der Waals surface area contributed by atoms with E-state index in [4.69, 9.17) is 47.4 Å². The first-order valence-electron chi connectivity index (χ1n) is 20.5. The molecule has 4 aliphatic heterocycles. The van der Waals surface area contributed by atoms with Crippen LogP contribution < -0.4 is 0 Å². The molecule has 0 aliphatic carbocycles. The van der Waals surface area contributed by atoms with Crippen LogP contribution in [0, 0.1) is 11.8 Å². The highest BCUT2D eigenvalue weighted by Gasteiger charge is 2.49. The number of methoxy groups -OCH3 is 2. The Balaban J connectivity index is 1.40. The second-order valence-corrected chi connectivity index (χ2v) is 15.2. The maximum Gasteiger partial charge on any atom is 0.337 e. The maximum absolute atomic E-state index is 13.7. The summed E-state index contributed by atoms with van der Waals surface area (Å²) in [7, 11) is 2.11. The standard InChI is InChI=1S/C42H54O24/c1-57-37(55)25-17-61-39(65-41-35(53)33(51)31(49)27(15-44)63-41)21(7-10-43)23(25)13-30(48)60-12-9-22-24(14-29(47)59-11-8-19-3-5-20(46)6-4-19)26(38(56)58-2)18-62-40(22)66-42-36(54)34(52)32(50)28(16-45)64-42/h3-7,9,17-18,23-24,27-28,31-36,39-46,49-54H,8,10-16H2,1-2H3/b21-7-,22-9-. The fourth-order valence-corrected chi connectivity index (χ4v) is 7.39. The molecular formula is C42H54O24. The summed E-state index contributed by atoms with van der Waals surface area (Å²) in [5, 5.41) is 101. The molecule has 2 saturated heterocycles. The number of esters is 4. The molecule has 366 valence electrons. The van der Waals surface area contributed by atoms with E-state index in [-0.39, 0.29) is 41.1 Å². The van der Waals surface area contributed by atoms with E-state index in [0.717, 1.165) is 38.4 Å². The van der Waals surface area contributed by atoms with Crippen molar-refractivity contribution in [2.75, 3.05) is 47.3 Å². The van der Waals surface area contributed by atoms with Gasteiger partial charge in [-0.05, 0) is 23.8 Å². The number of aliphatic hydroxyl groups is 9. The molecule has 2 fully saturated rings. The first-order valence-corrected chi connectivity index (χ1v) is 20.5. The zero-order valence-corrected chi connectivity index (χ0v) is 35.5. The average Bonchev–Trinajstić information content (AvgIpc) is 3.31. The zero-order valence-electron chi connectivity index (χ0n) is 35.5. The van der Waals surface area contributed by atoms with E-state index in [9.17, 15) is 70.2 Å². The van der Waals surface area contributed by atoms with Gasteiger partial charge in [0.05, 0.1) is 77.2 Å². The summed E-state index contributed by atoms with van der Waals surface area (Å²) in [6.07, 6.45) is -17.5. The van der Waals surface area contributed by atoms with Gasteiger partial charge in [0.2, 0.25) is 12.6 Å². The minimum atomic E-state index is -1.93. The third-order valence-corrected chi connectivity index (χ3v) is 11.0. The zero-order chi connectivity index (χ0) is 48.2. The fourth-order valence-electron chi connectivity index (χ4n) is 7.39. The van der Waals surface area contributed by atoms with Crippen molar-refractivity contribution < 1.29 is 118 Å². The van der Waals surface area contributed by atoms with Crippen molar-refractivity contribution in [2.24, 2.45) is 11.8 Å². The van der Waals surface area contributed by atoms with Gasteiger partial charge in [-0.3, -0.25) is 9.59 Å². The third-order valence-electron chi connectivity index (χ3n) is 11.0. The lowest BCUT2D eigenvalue weighted by Crippen LogP contribution is -2.60. The molecule has 4 heterocycles. The van der Waals surface area contributed by atoms with Crippen molar-refractivity contribution in [3.8, 4) is 5.75 Å². The second kappa shape index (κ2) is 24.1. The summed E-state index contributed by atoms with van der Waals surface area (Å²) >= 11 is 0. The van der Waals surface area contributed by atoms with Gasteiger partial charge < -0.3 is 98.4 Å². The van der Waals surface area contributed by atoms with Crippen LogP contribution in [0.5, 0.6) is 5.75 Å². The Bertz CT molecular complexity index is 1940. The average molecular weight is 943 g/mol. The number of hydrogen-bond acceptors (Lipinski definition) is 24. The number of rotatable bonds is 18. The molecule has 66 heavy (non-hydrogen) atoms. The summed E-state index contributed by atoms with van der Waals surface area (Å²) in [5.41, 5.74) is 0.0413. The predicted octanol–water partition coefficient (Wildman–Crippen LogP) is -3.66. The van der Waals surface area contributed by atoms with Gasteiger partial charge in [0.15, 0.2) is 12.6 Å². The van der Waals surface area contributed by atoms with Crippen molar-refractivity contribution >= 4 is 23.9 Å². The Morgan fingerprint density at radius 1 is 0.621 bits per heavy atom. The minimum absolute atomic E-state index is 0.0332. The number of carbonyl (C=O) groups excluding carboxylic acids is 4. The van der Waals surface area contributed by atoms with Crippen molar-refractivity contribution in [1.82, 2.24) is 0 Å². The second-order valence-electron chi connectivity index (χ2n) is 15.2. The summed E-state index contributed by atoms with van der Waals surface area (Å²) in [4.78, 5) is 53.0. The molecule has 0 amide bonds. The number of phenols is 1. The van der Waals surface area contributed by atoms with Gasteiger partial charge in [-0.1, -0.05) is 18.2 Å². The highest BCUT2D eigenvalue weighted by molar-refractivity contribution is 5.91. The molecule has 0 aromatic heterocycles. The van der Waals surface area contributed by atoms with E-state index in [2.05, 4.69) is 0 Å². The first-order chi connectivity index (χ1) is 31.6. The Morgan fingerprint density at radius 3 is 1.52 bits per heavy atom. The molecule has 1 aromatic rings. The van der Waals surface area contributed by atoms with E-state index in [0.29, 0.717) is 0 Å². The van der Waals surface area contributed by atoms with E-state index in [1.165, 1.54) is 18.2 Å². The highest BCUT2D eigenvalue weighted by atomic mass is 16.8. The highest BCUT2D eigenvalue weighted by Crippen LogP contribution is 2.38. The fraction of sp³-hybridized carbons (Fsp3) is 0.571. The van der Waals surface area contributed by atoms with E-state index >= 15 is 0 Å². The van der Waals surface area contributed by atoms with Crippen LogP contribution in [0.2, 0.25) is 0 Å². The molecule has 0 saturated carbocycles. The SMILES string of the molecule is COC(=O)C1=COC(OC2OC(CO)C(O)C(O)C2O)/C(=C\CO)C1CC(=O)OC/C=C1\C(OC2OC(CO)C(O)C(O)C2O)OC=C(C(=O)OC)C1CC(=O)OCCc1ccc(O)cc1. The summed E-state index contributed by atoms with van der Waals surface area (Å²) in [5.74, 6) is -6.38. The first kappa shape index (κ1) is 51.9. The molecule has 4 aliphatic rings. The minimum Gasteiger partial charge on any atom is -0.508 e. The number of hydrogen-bond donors (Lipinski definition) is 10. The predicted molar refractivity (Wildman–Crippen MR) is 213 cm³/mol. The number of ether oxygens (including phenoxy) is 10. The summed E-state index contributed by atoms with van der Waals surface area (Å²) < 4.78 is 54.5. The Labute approximate surface area is 376 Å². The lowest BCUT2D eigenvalue weighted by atomic mass is 9.86. The maximum atomic E-state index is 13.7. The molecule has 24 heteroatoms. The quantitative estimate of drug-likeness (QED) is 0.0385. The van der Waals surface area contributed by atoms with Crippen molar-refractivity contribution in [3.63, 3.8) is 0 Å². The molecule has 14 atom stereocenters. The normalized spacial score (nSPS) is 33.4. The van der Waals surface area contributed by atoms with Crippen LogP contribution in [0.4, 0.5) is 0 Å². The Hall–Kier alpha value is -5.06. The van der Waals surface area contributed by atoms with Gasteiger partial charge >= 0.3 is 23.9 Å². The molecule has 5 rings (SSSR count). The number of aromatic hydroxyl groups is 1. The number of phenolic OH excluding ortho intramolecular Hbond substituents is 1. The Kier molecular flexibility index (Phi) is 19.0. The van der Waals surface area contributed by atoms with Gasteiger partial charge in [-0.25, -0.2) is 9.59 Å². The van der Waals surface area contributed by atoms with Gasteiger partial charge in [0.1, 0.15) is 61.2 Å². The van der Waals surface area contributed by atoms with Gasteiger partial charge in [-0.15, -0.1) is 0 Å². The van der Waals surface area contributed by atoms with Crippen molar-refractivity contribution in [1.29, 1.82) is 0 Å². The molecule has 1 aromatic carbocycles. The third kappa shape index (κ3) is 12.5. The van der Waals surface area contributed by atoms with E-state index in [1.807, 2.05) is 0 Å². The van der Waals surface area contributed by atoms with Crippen molar-refractivity contribution in [3.05, 3.63) is 76.8 Å². The number of benzene rings is 1. The van der Waals surface area contributed by atoms with Crippen LogP contribution >= 0.6 is 0 Å². The summed E-state index contributed by atoms with van der Waals surface area (Å²) in [6.45, 7) is -3.09. The van der Waals surface area contributed by atoms with Crippen LogP contribution in [0.1, 0.15) is 18.4 Å². The smallest absolute Gasteiger partial charge is 0.337 e. The van der Waals surface area contributed by atoms with Gasteiger partial charge in [0, 0.05) is 29.4 Å². The molecule has 24 nitrogen and oxygen atoms in total. The van der Waals surface area contributed by atoms with Crippen LogP contribution in [-0.2, 0) is 73.0 Å². The Morgan fingerprint density at radius 2 is 1.08 bits per heavy atom. The molecule has 14 unspecified atom stereocenters. The summed E-state index contributed by atoms with van der Waals surface area (Å²) in [6, 6.07) is 6.15. The van der Waals surface area contributed by atoms with E-state index in [1.54, 1.807) is 12.1 Å². The molecule has 0 radical (unpaired) electrons. The van der Waals surface area contributed by atoms with Gasteiger partial charge in [-0.2, -0.15) is 0 Å². The topological polar surface area (TPSA) is 363 Å². The lowest BCUT2D eigenvalue weighted by Gasteiger charge is -2.42. The molecule has 0 spiro atoms. The molecule has 0 bridgehead atoms. The van der Waals surface area contributed by atoms with E-state index < -0.39 is 149 Å². The monoisotopic (exact) mass is 942 g/mol. The van der Waals surface area contributed by atoms with Crippen molar-refractivity contribution in [2.45, 2.75) is 93.3 Å². The lowest BCUT2D eigenvalue weighted by molar-refractivity contribution is -0.328. The molecular weight excluding hydrogens is 888 g/mol. The van der Waals surface area contributed by atoms with Gasteiger partial charge in [0.25, 0.3) is 0 Å². The van der Waals surface area contributed by atoms with Crippen LogP contribution in [0.3, 0.4) is 0 Å². The number of aliphatic hydroxyl groups excluding tert-OH is 9. The van der Waals surface area contributed by atoms with Crippen LogP contribution in [0.25, 0.3) is 0 Å². The van der Waals surface area contributed by atoms with Crippen LogP contribution in [-0.4, -0.2) is 196 Å². The number of carbonyl (C=O) groups is 4. The molecule has 10 N–H and O–H groups in total. The van der Waals surface area contributed by atoms with Crippen LogP contribution in [0.15, 0.2) is 71.2 Å². The largest absolute Gasteiger partial charge is 0.508 e.